The molecule has 3 aromatic rings. The lowest BCUT2D eigenvalue weighted by molar-refractivity contribution is 0.863. The first-order valence-electron chi connectivity index (χ1n) is 8.48. The number of rotatable bonds is 7. The van der Waals surface area contributed by atoms with E-state index in [1.807, 2.05) is 54.7 Å². The van der Waals surface area contributed by atoms with E-state index in [2.05, 4.69) is 35.1 Å². The topological polar surface area (TPSA) is 48.8 Å². The number of pyridine rings is 1. The van der Waals surface area contributed by atoms with Crippen molar-refractivity contribution in [3.05, 3.63) is 109 Å². The van der Waals surface area contributed by atoms with Crippen molar-refractivity contribution in [1.82, 2.24) is 10.3 Å². The van der Waals surface area contributed by atoms with E-state index in [4.69, 9.17) is 5.41 Å². The van der Waals surface area contributed by atoms with Crippen LogP contribution < -0.4 is 5.32 Å². The molecule has 0 saturated carbocycles. The molecule has 2 N–H and O–H groups in total. The van der Waals surface area contributed by atoms with E-state index >= 15 is 0 Å². The molecule has 3 nitrogen and oxygen atoms in total. The summed E-state index contributed by atoms with van der Waals surface area (Å²) in [4.78, 5) is 4.27. The normalized spacial score (nSPS) is 10.6. The fourth-order valence-corrected chi connectivity index (χ4v) is 2.57. The van der Waals surface area contributed by atoms with Crippen LogP contribution in [0.4, 0.5) is 0 Å². The van der Waals surface area contributed by atoms with Gasteiger partial charge in [-0.1, -0.05) is 61.2 Å². The van der Waals surface area contributed by atoms with Crippen molar-refractivity contribution >= 4 is 11.8 Å². The zero-order chi connectivity index (χ0) is 18.2. The highest BCUT2D eigenvalue weighted by Crippen LogP contribution is 2.20. The molecule has 1 aromatic heterocycles. The van der Waals surface area contributed by atoms with E-state index in [-0.39, 0.29) is 0 Å². The van der Waals surface area contributed by atoms with E-state index in [1.165, 1.54) is 0 Å². The minimum absolute atomic E-state index is 0.468. The molecule has 0 aliphatic rings. The van der Waals surface area contributed by atoms with E-state index in [1.54, 1.807) is 18.4 Å². The highest BCUT2D eigenvalue weighted by molar-refractivity contribution is 6.07. The number of hydrogen-bond acceptors (Lipinski definition) is 3. The van der Waals surface area contributed by atoms with Crippen LogP contribution in [0.25, 0.3) is 17.2 Å². The Morgan fingerprint density at radius 1 is 1.00 bits per heavy atom. The third-order valence-electron chi connectivity index (χ3n) is 4.01. The van der Waals surface area contributed by atoms with Gasteiger partial charge in [0.05, 0.1) is 11.4 Å². The molecule has 3 heteroatoms. The van der Waals surface area contributed by atoms with Crippen molar-refractivity contribution in [3.8, 4) is 11.1 Å². The van der Waals surface area contributed by atoms with Gasteiger partial charge in [0.1, 0.15) is 0 Å². The molecule has 0 fully saturated rings. The summed E-state index contributed by atoms with van der Waals surface area (Å²) in [6, 6.07) is 22.2. The van der Waals surface area contributed by atoms with Crippen LogP contribution in [0.2, 0.25) is 0 Å². The second-order valence-corrected chi connectivity index (χ2v) is 5.87. The zero-order valence-electron chi connectivity index (χ0n) is 14.5. The first kappa shape index (κ1) is 17.4. The maximum atomic E-state index is 8.27. The highest BCUT2D eigenvalue weighted by atomic mass is 14.8. The van der Waals surface area contributed by atoms with Gasteiger partial charge in [0, 0.05) is 18.3 Å². The average Bonchev–Trinajstić information content (AvgIpc) is 2.72. The molecule has 0 atom stereocenters. The van der Waals surface area contributed by atoms with Crippen molar-refractivity contribution < 1.29 is 0 Å². The molecular weight excluding hydrogens is 318 g/mol. The summed E-state index contributed by atoms with van der Waals surface area (Å²) < 4.78 is 0. The van der Waals surface area contributed by atoms with Gasteiger partial charge >= 0.3 is 0 Å². The Balaban J connectivity index is 1.60. The third kappa shape index (κ3) is 4.54. The number of aromatic nitrogens is 1. The third-order valence-corrected chi connectivity index (χ3v) is 4.01. The SMILES string of the molecule is C=Cc1ccc(CN/C=C\C(=N)c2cccc(-c3ccccc3)c2)cn1. The Morgan fingerprint density at radius 2 is 1.81 bits per heavy atom. The largest absolute Gasteiger partial charge is 0.387 e. The Labute approximate surface area is 154 Å². The smallest absolute Gasteiger partial charge is 0.0626 e. The van der Waals surface area contributed by atoms with Crippen LogP contribution in [0.15, 0.2) is 91.8 Å². The van der Waals surface area contributed by atoms with Crippen molar-refractivity contribution in [2.45, 2.75) is 6.54 Å². The van der Waals surface area contributed by atoms with Crippen molar-refractivity contribution in [3.63, 3.8) is 0 Å². The minimum atomic E-state index is 0.468. The van der Waals surface area contributed by atoms with Crippen LogP contribution in [-0.4, -0.2) is 10.7 Å². The van der Waals surface area contributed by atoms with Gasteiger partial charge in [0.25, 0.3) is 0 Å². The van der Waals surface area contributed by atoms with Crippen LogP contribution in [-0.2, 0) is 6.54 Å². The fourth-order valence-electron chi connectivity index (χ4n) is 2.57. The maximum Gasteiger partial charge on any atom is 0.0626 e. The molecule has 1 heterocycles. The lowest BCUT2D eigenvalue weighted by Gasteiger charge is -2.05. The molecule has 0 aliphatic heterocycles. The lowest BCUT2D eigenvalue weighted by Crippen LogP contribution is -2.06. The van der Waals surface area contributed by atoms with E-state index in [0.717, 1.165) is 27.9 Å². The van der Waals surface area contributed by atoms with Gasteiger partial charge in [0.2, 0.25) is 0 Å². The van der Waals surface area contributed by atoms with E-state index in [0.29, 0.717) is 12.3 Å². The molecule has 0 spiro atoms. The summed E-state index contributed by atoms with van der Waals surface area (Å²) >= 11 is 0. The van der Waals surface area contributed by atoms with Gasteiger partial charge in [-0.15, -0.1) is 0 Å². The predicted molar refractivity (Wildman–Crippen MR) is 109 cm³/mol. The Hall–Kier alpha value is -3.46. The standard InChI is InChI=1S/C23H21N3/c1-2-22-12-11-18(17-26-22)16-25-14-13-23(24)21-10-6-9-20(15-21)19-7-4-3-5-8-19/h2-15,17,24-25H,1,16H2/b14-13-,24-23?. The van der Waals surface area contributed by atoms with Crippen LogP contribution in [0, 0.1) is 5.41 Å². The van der Waals surface area contributed by atoms with Crippen molar-refractivity contribution in [1.29, 1.82) is 5.41 Å². The molecule has 3 rings (SSSR count). The van der Waals surface area contributed by atoms with E-state index in [9.17, 15) is 0 Å². The summed E-state index contributed by atoms with van der Waals surface area (Å²) in [5, 5.41) is 11.5. The van der Waals surface area contributed by atoms with Crippen LogP contribution in [0.3, 0.4) is 0 Å². The maximum absolute atomic E-state index is 8.27. The lowest BCUT2D eigenvalue weighted by atomic mass is 10.0. The highest BCUT2D eigenvalue weighted by Gasteiger charge is 2.01. The second-order valence-electron chi connectivity index (χ2n) is 5.87. The van der Waals surface area contributed by atoms with Crippen LogP contribution in [0.5, 0.6) is 0 Å². The molecule has 0 unspecified atom stereocenters. The number of hydrogen-bond donors (Lipinski definition) is 2. The fraction of sp³-hybridized carbons (Fsp3) is 0.0435. The first-order valence-corrected chi connectivity index (χ1v) is 8.48. The van der Waals surface area contributed by atoms with Gasteiger partial charge in [0.15, 0.2) is 0 Å². The molecule has 0 radical (unpaired) electrons. The Kier molecular flexibility index (Phi) is 5.73. The number of allylic oxidation sites excluding steroid dienone is 1. The summed E-state index contributed by atoms with van der Waals surface area (Å²) in [5.41, 5.74) is 5.57. The van der Waals surface area contributed by atoms with Gasteiger partial charge in [-0.05, 0) is 47.2 Å². The number of benzene rings is 2. The first-order chi connectivity index (χ1) is 12.8. The molecule has 0 amide bonds. The molecule has 128 valence electrons. The summed E-state index contributed by atoms with van der Waals surface area (Å²) in [5.74, 6) is 0. The number of nitrogens with zero attached hydrogens (tertiary/aromatic N) is 1. The quantitative estimate of drug-likeness (QED) is 0.591. The van der Waals surface area contributed by atoms with Crippen LogP contribution >= 0.6 is 0 Å². The number of nitrogens with one attached hydrogen (secondary N) is 2. The zero-order valence-corrected chi connectivity index (χ0v) is 14.5. The molecule has 0 bridgehead atoms. The van der Waals surface area contributed by atoms with Crippen LogP contribution in [0.1, 0.15) is 16.8 Å². The Morgan fingerprint density at radius 3 is 2.54 bits per heavy atom. The average molecular weight is 339 g/mol. The Bertz CT molecular complexity index is 910. The summed E-state index contributed by atoms with van der Waals surface area (Å²) in [6.07, 6.45) is 7.13. The van der Waals surface area contributed by atoms with Crippen molar-refractivity contribution in [2.24, 2.45) is 0 Å². The van der Waals surface area contributed by atoms with Gasteiger partial charge in [-0.25, -0.2) is 0 Å². The summed E-state index contributed by atoms with van der Waals surface area (Å²) in [6.45, 7) is 4.36. The molecule has 2 aromatic carbocycles. The van der Waals surface area contributed by atoms with Crippen molar-refractivity contribution in [2.75, 3.05) is 0 Å². The molecule has 26 heavy (non-hydrogen) atoms. The van der Waals surface area contributed by atoms with Gasteiger partial charge < -0.3 is 10.7 Å². The molecule has 0 saturated heterocycles. The molecular formula is C23H21N3. The predicted octanol–water partition coefficient (Wildman–Crippen LogP) is 5.06. The second kappa shape index (κ2) is 8.58. The monoisotopic (exact) mass is 339 g/mol. The van der Waals surface area contributed by atoms with Gasteiger partial charge in [-0.2, -0.15) is 0 Å². The summed E-state index contributed by atoms with van der Waals surface area (Å²) in [7, 11) is 0. The molecule has 0 aliphatic carbocycles. The van der Waals surface area contributed by atoms with E-state index < -0.39 is 0 Å². The van der Waals surface area contributed by atoms with Gasteiger partial charge in [-0.3, -0.25) is 4.98 Å². The minimum Gasteiger partial charge on any atom is -0.387 e.